The highest BCUT2D eigenvalue weighted by Gasteiger charge is 2.22. The van der Waals surface area contributed by atoms with E-state index in [9.17, 15) is 4.39 Å². The monoisotopic (exact) mass is 195 g/mol. The Kier molecular flexibility index (Phi) is 3.27. The molecule has 1 unspecified atom stereocenters. The van der Waals surface area contributed by atoms with Gasteiger partial charge in [0.2, 0.25) is 0 Å². The molecule has 0 fully saturated rings. The van der Waals surface area contributed by atoms with Crippen molar-refractivity contribution in [3.05, 3.63) is 34.9 Å². The number of hydrogen-bond donors (Lipinski definition) is 1. The Bertz CT molecular complexity index is 298. The van der Waals surface area contributed by atoms with E-state index in [0.29, 0.717) is 6.42 Å². The third kappa shape index (κ3) is 2.55. The first-order valence-electron chi connectivity index (χ1n) is 4.90. The van der Waals surface area contributed by atoms with Gasteiger partial charge >= 0.3 is 0 Å². The van der Waals surface area contributed by atoms with Crippen molar-refractivity contribution in [2.75, 3.05) is 6.54 Å². The summed E-state index contributed by atoms with van der Waals surface area (Å²) >= 11 is 0. The van der Waals surface area contributed by atoms with Crippen LogP contribution in [0.5, 0.6) is 0 Å². The van der Waals surface area contributed by atoms with Crippen LogP contribution in [-0.4, -0.2) is 12.2 Å². The molecule has 1 aromatic carbocycles. The molecular weight excluding hydrogens is 177 g/mol. The van der Waals surface area contributed by atoms with Crippen LogP contribution in [0.1, 0.15) is 23.6 Å². The summed E-state index contributed by atoms with van der Waals surface area (Å²) in [7, 11) is 0. The molecule has 0 heterocycles. The summed E-state index contributed by atoms with van der Waals surface area (Å²) in [4.78, 5) is 0. The fourth-order valence-electron chi connectivity index (χ4n) is 1.57. The number of benzene rings is 1. The summed E-state index contributed by atoms with van der Waals surface area (Å²) in [5.41, 5.74) is 7.45. The lowest BCUT2D eigenvalue weighted by Crippen LogP contribution is -2.32. The van der Waals surface area contributed by atoms with Crippen LogP contribution in [0.25, 0.3) is 0 Å². The van der Waals surface area contributed by atoms with E-state index in [4.69, 9.17) is 5.73 Å². The van der Waals surface area contributed by atoms with Crippen LogP contribution in [0.3, 0.4) is 0 Å². The molecule has 0 aliphatic carbocycles. The van der Waals surface area contributed by atoms with Gasteiger partial charge in [0.05, 0.1) is 0 Å². The van der Waals surface area contributed by atoms with Crippen LogP contribution < -0.4 is 5.73 Å². The zero-order chi connectivity index (χ0) is 10.8. The lowest BCUT2D eigenvalue weighted by molar-refractivity contribution is 0.199. The molecule has 78 valence electrons. The highest BCUT2D eigenvalue weighted by Crippen LogP contribution is 2.21. The predicted molar refractivity (Wildman–Crippen MR) is 58.2 cm³/mol. The fourth-order valence-corrected chi connectivity index (χ4v) is 1.57. The van der Waals surface area contributed by atoms with Crippen molar-refractivity contribution in [3.63, 3.8) is 0 Å². The van der Waals surface area contributed by atoms with Crippen LogP contribution in [0, 0.1) is 13.8 Å². The quantitative estimate of drug-likeness (QED) is 0.788. The Labute approximate surface area is 85.1 Å². The molecule has 0 saturated heterocycles. The van der Waals surface area contributed by atoms with E-state index >= 15 is 0 Å². The second kappa shape index (κ2) is 4.09. The maximum absolute atomic E-state index is 13.7. The standard InChI is InChI=1S/C12H18FN/c1-9-5-4-6-10(2)11(9)7-12(3,13)8-14/h4-6H,7-8,14H2,1-3H3. The van der Waals surface area contributed by atoms with E-state index in [1.807, 2.05) is 32.0 Å². The third-order valence-electron chi connectivity index (χ3n) is 2.62. The topological polar surface area (TPSA) is 26.0 Å². The van der Waals surface area contributed by atoms with E-state index in [1.165, 1.54) is 0 Å². The summed E-state index contributed by atoms with van der Waals surface area (Å²) in [6.07, 6.45) is 0.405. The minimum atomic E-state index is -1.29. The summed E-state index contributed by atoms with van der Waals surface area (Å²) in [6, 6.07) is 6.01. The molecule has 0 aliphatic heterocycles. The van der Waals surface area contributed by atoms with Crippen molar-refractivity contribution in [2.45, 2.75) is 32.9 Å². The Morgan fingerprint density at radius 3 is 2.21 bits per heavy atom. The Morgan fingerprint density at radius 2 is 1.79 bits per heavy atom. The van der Waals surface area contributed by atoms with Gasteiger partial charge in [0.15, 0.2) is 0 Å². The fraction of sp³-hybridized carbons (Fsp3) is 0.500. The molecule has 0 aromatic heterocycles. The first-order valence-corrected chi connectivity index (χ1v) is 4.90. The molecule has 1 aromatic rings. The molecule has 0 radical (unpaired) electrons. The largest absolute Gasteiger partial charge is 0.328 e. The molecule has 1 atom stereocenters. The predicted octanol–water partition coefficient (Wildman–Crippen LogP) is 2.53. The van der Waals surface area contributed by atoms with E-state index in [1.54, 1.807) is 6.92 Å². The first kappa shape index (κ1) is 11.2. The lowest BCUT2D eigenvalue weighted by Gasteiger charge is -2.20. The van der Waals surface area contributed by atoms with Gasteiger partial charge in [-0.3, -0.25) is 0 Å². The van der Waals surface area contributed by atoms with Gasteiger partial charge in [-0.25, -0.2) is 4.39 Å². The maximum Gasteiger partial charge on any atom is 0.124 e. The normalized spacial score (nSPS) is 15.2. The highest BCUT2D eigenvalue weighted by atomic mass is 19.1. The molecule has 0 amide bonds. The second-order valence-electron chi connectivity index (χ2n) is 4.16. The minimum absolute atomic E-state index is 0.0702. The molecule has 1 nitrogen and oxygen atoms in total. The number of rotatable bonds is 3. The Hall–Kier alpha value is -0.890. The highest BCUT2D eigenvalue weighted by molar-refractivity contribution is 5.34. The van der Waals surface area contributed by atoms with Gasteiger partial charge in [-0.15, -0.1) is 0 Å². The van der Waals surface area contributed by atoms with Gasteiger partial charge in [0.1, 0.15) is 5.67 Å². The minimum Gasteiger partial charge on any atom is -0.328 e. The van der Waals surface area contributed by atoms with E-state index in [-0.39, 0.29) is 6.54 Å². The van der Waals surface area contributed by atoms with Crippen LogP contribution in [0.4, 0.5) is 4.39 Å². The number of aryl methyl sites for hydroxylation is 2. The van der Waals surface area contributed by atoms with Gasteiger partial charge in [0, 0.05) is 13.0 Å². The average Bonchev–Trinajstić information content (AvgIpc) is 2.12. The molecule has 1 rings (SSSR count). The van der Waals surface area contributed by atoms with Crippen LogP contribution in [0.2, 0.25) is 0 Å². The van der Waals surface area contributed by atoms with Crippen LogP contribution in [0.15, 0.2) is 18.2 Å². The molecule has 0 spiro atoms. The molecule has 0 bridgehead atoms. The summed E-state index contributed by atoms with van der Waals surface area (Å²) < 4.78 is 13.7. The third-order valence-corrected chi connectivity index (χ3v) is 2.62. The van der Waals surface area contributed by atoms with Crippen molar-refractivity contribution < 1.29 is 4.39 Å². The van der Waals surface area contributed by atoms with Crippen LogP contribution >= 0.6 is 0 Å². The van der Waals surface area contributed by atoms with E-state index in [0.717, 1.165) is 16.7 Å². The van der Waals surface area contributed by atoms with Gasteiger partial charge in [-0.2, -0.15) is 0 Å². The van der Waals surface area contributed by atoms with Crippen molar-refractivity contribution in [2.24, 2.45) is 5.73 Å². The average molecular weight is 195 g/mol. The summed E-state index contributed by atoms with van der Waals surface area (Å²) in [5.74, 6) is 0. The smallest absolute Gasteiger partial charge is 0.124 e. The number of nitrogens with two attached hydrogens (primary N) is 1. The van der Waals surface area contributed by atoms with Gasteiger partial charge in [-0.05, 0) is 37.5 Å². The Balaban J connectivity index is 2.97. The summed E-state index contributed by atoms with van der Waals surface area (Å²) in [5, 5.41) is 0. The van der Waals surface area contributed by atoms with E-state index in [2.05, 4.69) is 0 Å². The zero-order valence-corrected chi connectivity index (χ0v) is 9.10. The van der Waals surface area contributed by atoms with Gasteiger partial charge in [-0.1, -0.05) is 18.2 Å². The summed E-state index contributed by atoms with van der Waals surface area (Å²) in [6.45, 7) is 5.64. The molecular formula is C12H18FN. The molecule has 2 N–H and O–H groups in total. The molecule has 0 aliphatic rings. The van der Waals surface area contributed by atoms with Crippen molar-refractivity contribution in [1.82, 2.24) is 0 Å². The second-order valence-corrected chi connectivity index (χ2v) is 4.16. The van der Waals surface area contributed by atoms with E-state index < -0.39 is 5.67 Å². The molecule has 0 saturated carbocycles. The van der Waals surface area contributed by atoms with Gasteiger partial charge in [0.25, 0.3) is 0 Å². The van der Waals surface area contributed by atoms with Crippen molar-refractivity contribution in [1.29, 1.82) is 0 Å². The SMILES string of the molecule is Cc1cccc(C)c1CC(C)(F)CN. The Morgan fingerprint density at radius 1 is 1.29 bits per heavy atom. The number of alkyl halides is 1. The molecule has 14 heavy (non-hydrogen) atoms. The zero-order valence-electron chi connectivity index (χ0n) is 9.10. The van der Waals surface area contributed by atoms with Crippen molar-refractivity contribution in [3.8, 4) is 0 Å². The number of hydrogen-bond acceptors (Lipinski definition) is 1. The lowest BCUT2D eigenvalue weighted by atomic mass is 9.92. The maximum atomic E-state index is 13.7. The van der Waals surface area contributed by atoms with Gasteiger partial charge < -0.3 is 5.73 Å². The number of halogens is 1. The first-order chi connectivity index (χ1) is 6.46. The van der Waals surface area contributed by atoms with Crippen molar-refractivity contribution >= 4 is 0 Å². The molecule has 2 heteroatoms. The van der Waals surface area contributed by atoms with Crippen LogP contribution in [-0.2, 0) is 6.42 Å².